The molecule has 1 saturated heterocycles. The van der Waals surface area contributed by atoms with Gasteiger partial charge < -0.3 is 14.7 Å². The molecule has 5 nitrogen and oxygen atoms in total. The van der Waals surface area contributed by atoms with Crippen LogP contribution in [0.2, 0.25) is 0 Å². The summed E-state index contributed by atoms with van der Waals surface area (Å²) in [6, 6.07) is 2.07. The zero-order valence-electron chi connectivity index (χ0n) is 12.3. The summed E-state index contributed by atoms with van der Waals surface area (Å²) in [5, 5.41) is 9.30. The van der Waals surface area contributed by atoms with E-state index in [1.807, 2.05) is 6.92 Å². The van der Waals surface area contributed by atoms with Crippen molar-refractivity contribution >= 4 is 5.97 Å². The summed E-state index contributed by atoms with van der Waals surface area (Å²) in [4.78, 5) is 17.8. The summed E-state index contributed by atoms with van der Waals surface area (Å²) in [7, 11) is 2.09. The van der Waals surface area contributed by atoms with Crippen molar-refractivity contribution in [2.75, 3.05) is 20.2 Å². The molecule has 0 bridgehead atoms. The van der Waals surface area contributed by atoms with Crippen molar-refractivity contribution < 1.29 is 14.6 Å². The first-order chi connectivity index (χ1) is 9.49. The maximum Gasteiger partial charge on any atom is 0.341 e. The number of pyridine rings is 1. The molecule has 20 heavy (non-hydrogen) atoms. The molecule has 0 aliphatic carbocycles. The lowest BCUT2D eigenvalue weighted by Crippen LogP contribution is -2.40. The molecule has 1 aliphatic heterocycles. The third kappa shape index (κ3) is 3.28. The average Bonchev–Trinajstić information content (AvgIpc) is 2.36. The number of aromatic nitrogens is 1. The number of carbonyl (C=O) groups is 1. The van der Waals surface area contributed by atoms with Crippen LogP contribution in [0.1, 0.15) is 41.0 Å². The number of piperidine rings is 1. The quantitative estimate of drug-likeness (QED) is 0.915. The molecule has 0 saturated carbocycles. The minimum absolute atomic E-state index is 0.175. The number of carboxylic acids is 1. The largest absolute Gasteiger partial charge is 0.491 e. The normalized spacial score (nSPS) is 19.9. The molecule has 1 unspecified atom stereocenters. The molecule has 5 heteroatoms. The van der Waals surface area contributed by atoms with Crippen molar-refractivity contribution in [3.05, 3.63) is 23.0 Å². The molecule has 1 aromatic rings. The van der Waals surface area contributed by atoms with Gasteiger partial charge in [-0.25, -0.2) is 4.79 Å². The molecule has 1 N–H and O–H groups in total. The lowest BCUT2D eigenvalue weighted by Gasteiger charge is -2.32. The predicted molar refractivity (Wildman–Crippen MR) is 76.4 cm³/mol. The smallest absolute Gasteiger partial charge is 0.341 e. The first-order valence-corrected chi connectivity index (χ1v) is 7.03. The SMILES string of the molecule is Cc1cc(OCC2CCCCN2C)c(C(=O)O)c(C)n1. The fraction of sp³-hybridized carbons (Fsp3) is 0.600. The highest BCUT2D eigenvalue weighted by Crippen LogP contribution is 2.24. The molecule has 0 amide bonds. The van der Waals surface area contributed by atoms with Gasteiger partial charge in [0.05, 0.1) is 5.69 Å². The maximum atomic E-state index is 11.3. The molecule has 110 valence electrons. The number of aryl methyl sites for hydroxylation is 2. The molecule has 1 aliphatic rings. The van der Waals surface area contributed by atoms with E-state index in [1.165, 1.54) is 12.8 Å². The third-order valence-corrected chi connectivity index (χ3v) is 3.86. The van der Waals surface area contributed by atoms with Crippen LogP contribution in [0.25, 0.3) is 0 Å². The molecule has 0 aromatic carbocycles. The first-order valence-electron chi connectivity index (χ1n) is 7.03. The summed E-state index contributed by atoms with van der Waals surface area (Å²) in [5.74, 6) is -0.552. The van der Waals surface area contributed by atoms with Gasteiger partial charge in [-0.05, 0) is 40.3 Å². The van der Waals surface area contributed by atoms with E-state index < -0.39 is 5.97 Å². The molecule has 2 heterocycles. The topological polar surface area (TPSA) is 62.7 Å². The van der Waals surface area contributed by atoms with Gasteiger partial charge >= 0.3 is 5.97 Å². The van der Waals surface area contributed by atoms with Crippen LogP contribution in [-0.2, 0) is 0 Å². The summed E-state index contributed by atoms with van der Waals surface area (Å²) in [6.07, 6.45) is 3.53. The fourth-order valence-corrected chi connectivity index (χ4v) is 2.71. The minimum Gasteiger partial charge on any atom is -0.491 e. The molecular formula is C15H22N2O3. The van der Waals surface area contributed by atoms with Crippen LogP contribution in [0, 0.1) is 13.8 Å². The monoisotopic (exact) mass is 278 g/mol. The van der Waals surface area contributed by atoms with Gasteiger partial charge in [-0.15, -0.1) is 0 Å². The molecule has 1 fully saturated rings. The van der Waals surface area contributed by atoms with E-state index in [4.69, 9.17) is 4.74 Å². The van der Waals surface area contributed by atoms with Gasteiger partial charge in [-0.2, -0.15) is 0 Å². The second-order valence-corrected chi connectivity index (χ2v) is 5.47. The molecular weight excluding hydrogens is 256 g/mol. The Kier molecular flexibility index (Phi) is 4.60. The molecule has 0 radical (unpaired) electrons. The lowest BCUT2D eigenvalue weighted by molar-refractivity contribution is 0.0686. The summed E-state index contributed by atoms with van der Waals surface area (Å²) >= 11 is 0. The van der Waals surface area contributed by atoms with Crippen molar-refractivity contribution in [2.45, 2.75) is 39.2 Å². The number of hydrogen-bond acceptors (Lipinski definition) is 4. The van der Waals surface area contributed by atoms with Crippen LogP contribution >= 0.6 is 0 Å². The second-order valence-electron chi connectivity index (χ2n) is 5.47. The summed E-state index contributed by atoms with van der Waals surface area (Å²) in [6.45, 7) is 5.15. The van der Waals surface area contributed by atoms with Crippen LogP contribution in [0.15, 0.2) is 6.07 Å². The number of aromatic carboxylic acids is 1. The van der Waals surface area contributed by atoms with Crippen molar-refractivity contribution in [3.8, 4) is 5.75 Å². The number of carboxylic acid groups (broad SMARTS) is 1. The molecule has 1 aromatic heterocycles. The summed E-state index contributed by atoms with van der Waals surface area (Å²) < 4.78 is 5.81. The lowest BCUT2D eigenvalue weighted by atomic mass is 10.0. The van der Waals surface area contributed by atoms with Gasteiger partial charge in [0.25, 0.3) is 0 Å². The van der Waals surface area contributed by atoms with Crippen LogP contribution in [0.3, 0.4) is 0 Å². The highest BCUT2D eigenvalue weighted by Gasteiger charge is 2.22. The van der Waals surface area contributed by atoms with E-state index in [0.29, 0.717) is 24.1 Å². The van der Waals surface area contributed by atoms with Gasteiger partial charge in [-0.3, -0.25) is 4.98 Å². The third-order valence-electron chi connectivity index (χ3n) is 3.86. The van der Waals surface area contributed by atoms with Crippen molar-refractivity contribution in [2.24, 2.45) is 0 Å². The number of hydrogen-bond donors (Lipinski definition) is 1. The van der Waals surface area contributed by atoms with Gasteiger partial charge in [0.1, 0.15) is 17.9 Å². The number of likely N-dealkylation sites (tertiary alicyclic amines) is 1. The van der Waals surface area contributed by atoms with Gasteiger partial charge in [0, 0.05) is 17.8 Å². The van der Waals surface area contributed by atoms with Crippen LogP contribution < -0.4 is 4.74 Å². The minimum atomic E-state index is -0.984. The molecule has 0 spiro atoms. The van der Waals surface area contributed by atoms with Crippen molar-refractivity contribution in [1.82, 2.24) is 9.88 Å². The predicted octanol–water partition coefficient (Wildman–Crippen LogP) is 2.26. The zero-order valence-corrected chi connectivity index (χ0v) is 12.3. The Morgan fingerprint density at radius 1 is 1.50 bits per heavy atom. The first kappa shape index (κ1) is 14.8. The maximum absolute atomic E-state index is 11.3. The van der Waals surface area contributed by atoms with Crippen molar-refractivity contribution in [1.29, 1.82) is 0 Å². The number of likely N-dealkylation sites (N-methyl/N-ethyl adjacent to an activating group) is 1. The van der Waals surface area contributed by atoms with Crippen LogP contribution in [0.4, 0.5) is 0 Å². The Morgan fingerprint density at radius 3 is 2.90 bits per heavy atom. The molecule has 2 rings (SSSR count). The van der Waals surface area contributed by atoms with E-state index in [0.717, 1.165) is 18.7 Å². The number of ether oxygens (including phenoxy) is 1. The van der Waals surface area contributed by atoms with E-state index in [2.05, 4.69) is 16.9 Å². The van der Waals surface area contributed by atoms with Gasteiger partial charge in [0.2, 0.25) is 0 Å². The Bertz CT molecular complexity index is 502. The Morgan fingerprint density at radius 2 is 2.25 bits per heavy atom. The Hall–Kier alpha value is -1.62. The Labute approximate surface area is 119 Å². The Balaban J connectivity index is 2.14. The van der Waals surface area contributed by atoms with Gasteiger partial charge in [-0.1, -0.05) is 6.42 Å². The number of rotatable bonds is 4. The highest BCUT2D eigenvalue weighted by atomic mass is 16.5. The highest BCUT2D eigenvalue weighted by molar-refractivity contribution is 5.92. The van der Waals surface area contributed by atoms with E-state index in [-0.39, 0.29) is 5.56 Å². The van der Waals surface area contributed by atoms with Gasteiger partial charge in [0.15, 0.2) is 0 Å². The zero-order chi connectivity index (χ0) is 14.7. The number of nitrogens with zero attached hydrogens (tertiary/aromatic N) is 2. The van der Waals surface area contributed by atoms with Crippen LogP contribution in [-0.4, -0.2) is 47.2 Å². The summed E-state index contributed by atoms with van der Waals surface area (Å²) in [5.41, 5.74) is 1.46. The van der Waals surface area contributed by atoms with E-state index in [9.17, 15) is 9.90 Å². The van der Waals surface area contributed by atoms with E-state index >= 15 is 0 Å². The fourth-order valence-electron chi connectivity index (χ4n) is 2.71. The standard InChI is InChI=1S/C15H22N2O3/c1-10-8-13(14(15(18)19)11(2)16-10)20-9-12-6-4-5-7-17(12)3/h8,12H,4-7,9H2,1-3H3,(H,18,19). The van der Waals surface area contributed by atoms with Crippen LogP contribution in [0.5, 0.6) is 5.75 Å². The average molecular weight is 278 g/mol. The van der Waals surface area contributed by atoms with Crippen molar-refractivity contribution in [3.63, 3.8) is 0 Å². The molecule has 1 atom stereocenters. The van der Waals surface area contributed by atoms with E-state index in [1.54, 1.807) is 13.0 Å². The second kappa shape index (κ2) is 6.22.